The Bertz CT molecular complexity index is 679. The Morgan fingerprint density at radius 3 is 2.03 bits per heavy atom. The predicted octanol–water partition coefficient (Wildman–Crippen LogP) is 7.47. The number of likely N-dealkylation sites (N-methyl/N-ethyl adjacent to an activating group) is 1. The summed E-state index contributed by atoms with van der Waals surface area (Å²) in [4.78, 5) is 12.3. The highest BCUT2D eigenvalue weighted by molar-refractivity contribution is 5.79. The molecule has 0 aliphatic carbocycles. The smallest absolute Gasteiger partial charge is 0.224 e. The van der Waals surface area contributed by atoms with E-state index < -0.39 is 0 Å². The molecule has 0 radical (unpaired) electrons. The first-order valence-electron chi connectivity index (χ1n) is 14.3. The molecular weight excluding hydrogens is 432 g/mol. The Kier molecular flexibility index (Phi) is 18.2. The van der Waals surface area contributed by atoms with E-state index in [1.54, 1.807) is 0 Å². The number of hydrogen-bond acceptors (Lipinski definition) is 2. The van der Waals surface area contributed by atoms with Crippen LogP contribution in [0.1, 0.15) is 102 Å². The van der Waals surface area contributed by atoms with E-state index in [4.69, 9.17) is 4.74 Å². The van der Waals surface area contributed by atoms with Crippen LogP contribution >= 0.6 is 0 Å². The van der Waals surface area contributed by atoms with E-state index in [0.717, 1.165) is 35.4 Å². The maximum atomic E-state index is 12.3. The van der Waals surface area contributed by atoms with Crippen molar-refractivity contribution < 1.29 is 14.0 Å². The van der Waals surface area contributed by atoms with Gasteiger partial charge in [0.1, 0.15) is 5.75 Å². The molecule has 1 amide bonds. The Morgan fingerprint density at radius 2 is 1.40 bits per heavy atom. The van der Waals surface area contributed by atoms with Crippen LogP contribution in [0.25, 0.3) is 0 Å². The van der Waals surface area contributed by atoms with Crippen LogP contribution < -0.4 is 10.1 Å². The maximum absolute atomic E-state index is 12.3. The van der Waals surface area contributed by atoms with Gasteiger partial charge in [-0.1, -0.05) is 95.1 Å². The normalized spacial score (nSPS) is 11.8. The summed E-state index contributed by atoms with van der Waals surface area (Å²) in [6.45, 7) is 4.61. The van der Waals surface area contributed by atoms with Crippen LogP contribution in [0.5, 0.6) is 5.75 Å². The number of ether oxygens (including phenoxy) is 1. The molecule has 0 bridgehead atoms. The average molecular weight is 488 g/mol. The average Bonchev–Trinajstić information content (AvgIpc) is 2.81. The molecule has 0 heterocycles. The lowest BCUT2D eigenvalue weighted by atomic mass is 10.1. The summed E-state index contributed by atoms with van der Waals surface area (Å²) in [5.41, 5.74) is 0.972. The Labute approximate surface area is 217 Å². The molecule has 0 aromatic heterocycles. The zero-order valence-corrected chi connectivity index (χ0v) is 23.5. The molecule has 0 aliphatic rings. The third-order valence-corrected chi connectivity index (χ3v) is 6.34. The Hall–Kier alpha value is -1.81. The first-order valence-corrected chi connectivity index (χ1v) is 14.3. The van der Waals surface area contributed by atoms with Crippen molar-refractivity contribution in [1.82, 2.24) is 5.32 Å². The predicted molar refractivity (Wildman–Crippen MR) is 151 cm³/mol. The zero-order valence-electron chi connectivity index (χ0n) is 23.5. The van der Waals surface area contributed by atoms with Crippen molar-refractivity contribution in [1.29, 1.82) is 0 Å². The summed E-state index contributed by atoms with van der Waals surface area (Å²) < 4.78 is 6.87. The number of unbranched alkanes of at least 4 members (excludes halogenated alkanes) is 12. The van der Waals surface area contributed by atoms with Crippen LogP contribution in [0.3, 0.4) is 0 Å². The number of quaternary nitrogens is 1. The van der Waals surface area contributed by atoms with E-state index in [1.165, 1.54) is 83.5 Å². The molecule has 0 unspecified atom stereocenters. The van der Waals surface area contributed by atoms with Gasteiger partial charge in [-0.3, -0.25) is 4.79 Å². The van der Waals surface area contributed by atoms with E-state index >= 15 is 0 Å². The molecule has 1 aromatic carbocycles. The number of para-hydroxylation sites is 1. The zero-order chi connectivity index (χ0) is 25.6. The summed E-state index contributed by atoms with van der Waals surface area (Å²) >= 11 is 0. The van der Waals surface area contributed by atoms with Crippen LogP contribution in [-0.4, -0.2) is 51.2 Å². The minimum Gasteiger partial charge on any atom is -0.493 e. The van der Waals surface area contributed by atoms with E-state index in [2.05, 4.69) is 45.5 Å². The fraction of sp³-hybridized carbons (Fsp3) is 0.710. The minimum atomic E-state index is 0.0618. The molecule has 1 N–H and O–H groups in total. The van der Waals surface area contributed by atoms with Crippen molar-refractivity contribution in [3.8, 4) is 5.75 Å². The number of allylic oxidation sites excluding steroid dienone is 2. The number of carbonyl (C=O) groups excluding carboxylic acids is 1. The topological polar surface area (TPSA) is 38.3 Å². The van der Waals surface area contributed by atoms with Gasteiger partial charge in [-0.2, -0.15) is 0 Å². The van der Waals surface area contributed by atoms with E-state index in [9.17, 15) is 4.79 Å². The molecule has 0 saturated heterocycles. The summed E-state index contributed by atoms with van der Waals surface area (Å²) in [6.07, 6.45) is 23.5. The summed E-state index contributed by atoms with van der Waals surface area (Å²) in [5.74, 6) is 0.911. The van der Waals surface area contributed by atoms with Crippen LogP contribution in [0.4, 0.5) is 0 Å². The summed E-state index contributed by atoms with van der Waals surface area (Å²) in [7, 11) is 6.39. The first-order chi connectivity index (χ1) is 16.9. The second kappa shape index (κ2) is 20.4. The Morgan fingerprint density at radius 1 is 0.829 bits per heavy atom. The molecule has 1 rings (SSSR count). The molecule has 0 fully saturated rings. The fourth-order valence-electron chi connectivity index (χ4n) is 4.09. The second-order valence-electron chi connectivity index (χ2n) is 10.9. The van der Waals surface area contributed by atoms with E-state index in [1.807, 2.05) is 24.3 Å². The molecule has 0 atom stereocenters. The first kappa shape index (κ1) is 31.2. The minimum absolute atomic E-state index is 0.0618. The van der Waals surface area contributed by atoms with Gasteiger partial charge in [0.25, 0.3) is 0 Å². The number of benzene rings is 1. The van der Waals surface area contributed by atoms with Crippen molar-refractivity contribution in [3.05, 3.63) is 42.0 Å². The van der Waals surface area contributed by atoms with Crippen molar-refractivity contribution in [2.45, 2.75) is 103 Å². The number of carbonyl (C=O) groups is 1. The molecule has 0 aliphatic heterocycles. The van der Waals surface area contributed by atoms with E-state index in [0.29, 0.717) is 13.0 Å². The highest BCUT2D eigenvalue weighted by atomic mass is 16.5. The van der Waals surface area contributed by atoms with Gasteiger partial charge in [-0.05, 0) is 38.2 Å². The highest BCUT2D eigenvalue weighted by Crippen LogP contribution is 2.19. The lowest BCUT2D eigenvalue weighted by molar-refractivity contribution is -0.869. The van der Waals surface area contributed by atoms with Gasteiger partial charge >= 0.3 is 0 Å². The lowest BCUT2D eigenvalue weighted by Gasteiger charge is -2.23. The standard InChI is InChI=1S/C31H54N2O2/c1-5-6-7-8-9-10-11-12-13-14-15-16-17-18-19-22-27-35-30-24-21-20-23-29(30)28-31(34)32-25-26-33(2,3)4/h12-13,20-21,23-24H,5-11,14-19,22,25-28H2,1-4H3/p+1/b13-12-. The molecule has 4 heteroatoms. The van der Waals surface area contributed by atoms with Crippen molar-refractivity contribution >= 4 is 5.91 Å². The molecule has 0 spiro atoms. The van der Waals surface area contributed by atoms with Gasteiger partial charge in [-0.25, -0.2) is 0 Å². The number of nitrogens with one attached hydrogen (secondary N) is 1. The Balaban J connectivity index is 2.04. The SMILES string of the molecule is CCCCCCCC/C=C\CCCCCCCCOc1ccccc1CC(=O)NCC[N+](C)(C)C. The maximum Gasteiger partial charge on any atom is 0.224 e. The van der Waals surface area contributed by atoms with Gasteiger partial charge in [0.2, 0.25) is 5.91 Å². The quantitative estimate of drug-likeness (QED) is 0.105. The van der Waals surface area contributed by atoms with Crippen molar-refractivity contribution in [2.75, 3.05) is 40.8 Å². The monoisotopic (exact) mass is 487 g/mol. The largest absolute Gasteiger partial charge is 0.493 e. The third-order valence-electron chi connectivity index (χ3n) is 6.34. The molecule has 4 nitrogen and oxygen atoms in total. The molecule has 200 valence electrons. The number of nitrogens with zero attached hydrogens (tertiary/aromatic N) is 1. The van der Waals surface area contributed by atoms with Crippen LogP contribution in [-0.2, 0) is 11.2 Å². The third kappa shape index (κ3) is 19.1. The summed E-state index contributed by atoms with van der Waals surface area (Å²) in [5, 5.41) is 3.03. The van der Waals surface area contributed by atoms with Crippen LogP contribution in [0, 0.1) is 0 Å². The fourth-order valence-corrected chi connectivity index (χ4v) is 4.09. The van der Waals surface area contributed by atoms with Gasteiger partial charge in [0.15, 0.2) is 0 Å². The molecular formula is C31H55N2O2+. The highest BCUT2D eigenvalue weighted by Gasteiger charge is 2.11. The van der Waals surface area contributed by atoms with E-state index in [-0.39, 0.29) is 5.91 Å². The number of amides is 1. The van der Waals surface area contributed by atoms with Gasteiger partial charge in [-0.15, -0.1) is 0 Å². The number of hydrogen-bond donors (Lipinski definition) is 1. The lowest BCUT2D eigenvalue weighted by Crippen LogP contribution is -2.42. The van der Waals surface area contributed by atoms with Crippen molar-refractivity contribution in [2.24, 2.45) is 0 Å². The second-order valence-corrected chi connectivity index (χ2v) is 10.9. The van der Waals surface area contributed by atoms with Gasteiger partial charge in [0.05, 0.1) is 47.3 Å². The summed E-state index contributed by atoms with van der Waals surface area (Å²) in [6, 6.07) is 7.94. The van der Waals surface area contributed by atoms with Gasteiger partial charge < -0.3 is 14.5 Å². The molecule has 1 aromatic rings. The van der Waals surface area contributed by atoms with Crippen LogP contribution in [0.2, 0.25) is 0 Å². The molecule has 35 heavy (non-hydrogen) atoms. The number of rotatable bonds is 22. The van der Waals surface area contributed by atoms with Crippen molar-refractivity contribution in [3.63, 3.8) is 0 Å². The van der Waals surface area contributed by atoms with Crippen LogP contribution in [0.15, 0.2) is 36.4 Å². The molecule has 0 saturated carbocycles. The van der Waals surface area contributed by atoms with Gasteiger partial charge in [0, 0.05) is 5.56 Å².